The maximum Gasteiger partial charge on any atom is 0.251 e. The molecule has 7 heteroatoms. The van der Waals surface area contributed by atoms with Crippen LogP contribution in [0.5, 0.6) is 0 Å². The second kappa shape index (κ2) is 9.46. The van der Waals surface area contributed by atoms with Gasteiger partial charge in [0, 0.05) is 31.2 Å². The van der Waals surface area contributed by atoms with Crippen molar-refractivity contribution in [3.63, 3.8) is 0 Å². The summed E-state index contributed by atoms with van der Waals surface area (Å²) in [5.74, 6) is 0.468. The Morgan fingerprint density at radius 2 is 1.84 bits per heavy atom. The first-order valence-corrected chi connectivity index (χ1v) is 11.1. The molecule has 0 saturated carbocycles. The van der Waals surface area contributed by atoms with Crippen LogP contribution in [-0.4, -0.2) is 59.5 Å². The Hall–Kier alpha value is -3.29. The molecule has 1 fully saturated rings. The lowest BCUT2D eigenvalue weighted by molar-refractivity contribution is 0.0378. The molecule has 0 atom stereocenters. The lowest BCUT2D eigenvalue weighted by Gasteiger charge is -2.26. The van der Waals surface area contributed by atoms with Crippen molar-refractivity contribution in [1.29, 1.82) is 0 Å². The lowest BCUT2D eigenvalue weighted by Crippen LogP contribution is -2.37. The first kappa shape index (κ1) is 20.6. The van der Waals surface area contributed by atoms with E-state index in [-0.39, 0.29) is 0 Å². The molecule has 1 aliphatic heterocycles. The summed E-state index contributed by atoms with van der Waals surface area (Å²) in [7, 11) is 0. The number of fused-ring (bicyclic) bond motifs is 1. The average molecular weight is 430 g/mol. The largest absolute Gasteiger partial charge is 0.423 e. The molecule has 0 bridgehead atoms. The second-order valence-corrected chi connectivity index (χ2v) is 8.12. The smallest absolute Gasteiger partial charge is 0.251 e. The van der Waals surface area contributed by atoms with E-state index in [4.69, 9.17) is 9.15 Å². The van der Waals surface area contributed by atoms with Gasteiger partial charge in [-0.1, -0.05) is 35.9 Å². The molecule has 0 radical (unpaired) electrons. The van der Waals surface area contributed by atoms with Crippen molar-refractivity contribution < 1.29 is 9.15 Å². The highest BCUT2D eigenvalue weighted by atomic mass is 16.5. The number of ether oxygens (including phenoxy) is 1. The van der Waals surface area contributed by atoms with E-state index >= 15 is 0 Å². The molecule has 2 aromatic carbocycles. The monoisotopic (exact) mass is 429 g/mol. The fourth-order valence-corrected chi connectivity index (χ4v) is 4.10. The van der Waals surface area contributed by atoms with E-state index in [2.05, 4.69) is 74.8 Å². The lowest BCUT2D eigenvalue weighted by atomic mass is 10.0. The molecule has 7 nitrogen and oxygen atoms in total. The molecular weight excluding hydrogens is 402 g/mol. The SMILES string of the molecule is Cc1ccc(-c2ccc3ncc(-c4nnco4)c(NCCCN4CCOCC4)c3c2)cc1. The Morgan fingerprint density at radius 3 is 2.62 bits per heavy atom. The maximum atomic E-state index is 5.51. The van der Waals surface area contributed by atoms with E-state index in [9.17, 15) is 0 Å². The second-order valence-electron chi connectivity index (χ2n) is 8.12. The van der Waals surface area contributed by atoms with Gasteiger partial charge in [-0.05, 0) is 43.1 Å². The summed E-state index contributed by atoms with van der Waals surface area (Å²) in [6.07, 6.45) is 4.20. The number of morpholine rings is 1. The number of nitrogens with one attached hydrogen (secondary N) is 1. The molecule has 32 heavy (non-hydrogen) atoms. The predicted octanol–water partition coefficient (Wildman–Crippen LogP) is 4.39. The van der Waals surface area contributed by atoms with E-state index < -0.39 is 0 Å². The Morgan fingerprint density at radius 1 is 1.03 bits per heavy atom. The number of aryl methyl sites for hydroxylation is 1. The number of hydrogen-bond donors (Lipinski definition) is 1. The third-order valence-electron chi connectivity index (χ3n) is 5.90. The summed E-state index contributed by atoms with van der Waals surface area (Å²) in [6.45, 7) is 7.65. The van der Waals surface area contributed by atoms with Gasteiger partial charge in [0.25, 0.3) is 5.89 Å². The van der Waals surface area contributed by atoms with E-state index in [1.54, 1.807) is 0 Å². The maximum absolute atomic E-state index is 5.51. The summed E-state index contributed by atoms with van der Waals surface area (Å²) >= 11 is 0. The summed E-state index contributed by atoms with van der Waals surface area (Å²) in [5.41, 5.74) is 6.31. The Balaban J connectivity index is 1.46. The van der Waals surface area contributed by atoms with Crippen LogP contribution in [-0.2, 0) is 4.74 Å². The number of nitrogens with zero attached hydrogens (tertiary/aromatic N) is 4. The van der Waals surface area contributed by atoms with Crippen LogP contribution < -0.4 is 5.32 Å². The van der Waals surface area contributed by atoms with Crippen LogP contribution in [0, 0.1) is 6.92 Å². The minimum absolute atomic E-state index is 0.468. The number of rotatable bonds is 7. The molecule has 4 aromatic rings. The standard InChI is InChI=1S/C25H27N5O2/c1-18-3-5-19(6-4-18)20-7-8-23-21(15-20)24(22(16-27-23)25-29-28-17-32-25)26-9-2-10-30-11-13-31-14-12-30/h3-8,15-17H,2,9-14H2,1H3,(H,26,27). The van der Waals surface area contributed by atoms with Crippen LogP contribution in [0.1, 0.15) is 12.0 Å². The van der Waals surface area contributed by atoms with E-state index in [1.165, 1.54) is 17.5 Å². The molecule has 0 unspecified atom stereocenters. The van der Waals surface area contributed by atoms with Crippen molar-refractivity contribution in [3.05, 3.63) is 60.6 Å². The van der Waals surface area contributed by atoms with Crippen molar-refractivity contribution in [1.82, 2.24) is 20.1 Å². The van der Waals surface area contributed by atoms with E-state index in [0.29, 0.717) is 5.89 Å². The van der Waals surface area contributed by atoms with Crippen molar-refractivity contribution in [2.45, 2.75) is 13.3 Å². The van der Waals surface area contributed by atoms with Crippen LogP contribution >= 0.6 is 0 Å². The van der Waals surface area contributed by atoms with Gasteiger partial charge >= 0.3 is 0 Å². The van der Waals surface area contributed by atoms with Gasteiger partial charge in [0.05, 0.1) is 30.0 Å². The van der Waals surface area contributed by atoms with Gasteiger partial charge in [-0.25, -0.2) is 0 Å². The third-order valence-corrected chi connectivity index (χ3v) is 5.90. The minimum Gasteiger partial charge on any atom is -0.423 e. The van der Waals surface area contributed by atoms with Crippen LogP contribution in [0.3, 0.4) is 0 Å². The van der Waals surface area contributed by atoms with Crippen LogP contribution in [0.25, 0.3) is 33.5 Å². The molecule has 1 N–H and O–H groups in total. The van der Waals surface area contributed by atoms with Crippen LogP contribution in [0.2, 0.25) is 0 Å². The summed E-state index contributed by atoms with van der Waals surface area (Å²) in [4.78, 5) is 7.11. The van der Waals surface area contributed by atoms with Crippen molar-refractivity contribution >= 4 is 16.6 Å². The molecule has 0 aliphatic carbocycles. The molecule has 1 saturated heterocycles. The quantitative estimate of drug-likeness (QED) is 0.437. The third kappa shape index (κ3) is 4.49. The van der Waals surface area contributed by atoms with E-state index in [1.807, 2.05) is 6.20 Å². The highest BCUT2D eigenvalue weighted by Crippen LogP contribution is 2.35. The highest BCUT2D eigenvalue weighted by molar-refractivity contribution is 6.00. The molecule has 0 spiro atoms. The summed E-state index contributed by atoms with van der Waals surface area (Å²) in [6, 6.07) is 15.0. The first-order chi connectivity index (χ1) is 15.8. The van der Waals surface area contributed by atoms with Crippen LogP contribution in [0.15, 0.2) is 59.5 Å². The Kier molecular flexibility index (Phi) is 6.09. The van der Waals surface area contributed by atoms with Gasteiger partial charge in [-0.15, -0.1) is 10.2 Å². The highest BCUT2D eigenvalue weighted by Gasteiger charge is 2.16. The topological polar surface area (TPSA) is 76.3 Å². The molecule has 164 valence electrons. The van der Waals surface area contributed by atoms with Gasteiger partial charge < -0.3 is 14.5 Å². The van der Waals surface area contributed by atoms with Gasteiger partial charge in [0.15, 0.2) is 0 Å². The number of benzene rings is 2. The molecule has 3 heterocycles. The molecule has 5 rings (SSSR count). The normalized spacial score (nSPS) is 14.7. The predicted molar refractivity (Wildman–Crippen MR) is 126 cm³/mol. The van der Waals surface area contributed by atoms with Crippen molar-refractivity contribution in [3.8, 4) is 22.6 Å². The number of anilines is 1. The average Bonchev–Trinajstić information content (AvgIpc) is 3.37. The zero-order valence-electron chi connectivity index (χ0n) is 18.3. The first-order valence-electron chi connectivity index (χ1n) is 11.1. The summed E-state index contributed by atoms with van der Waals surface area (Å²) < 4.78 is 11.0. The molecule has 2 aromatic heterocycles. The number of hydrogen-bond acceptors (Lipinski definition) is 7. The van der Waals surface area contributed by atoms with E-state index in [0.717, 1.165) is 73.5 Å². The van der Waals surface area contributed by atoms with Gasteiger partial charge in [0.2, 0.25) is 6.39 Å². The summed E-state index contributed by atoms with van der Waals surface area (Å²) in [5, 5.41) is 12.7. The fraction of sp³-hybridized carbons (Fsp3) is 0.320. The molecule has 1 aliphatic rings. The zero-order valence-corrected chi connectivity index (χ0v) is 18.3. The Labute approximate surface area is 187 Å². The molecule has 0 amide bonds. The Bertz CT molecular complexity index is 1170. The van der Waals surface area contributed by atoms with Crippen LogP contribution in [0.4, 0.5) is 5.69 Å². The number of aromatic nitrogens is 3. The van der Waals surface area contributed by atoms with Crippen molar-refractivity contribution in [2.24, 2.45) is 0 Å². The fourth-order valence-electron chi connectivity index (χ4n) is 4.10. The molecular formula is C25H27N5O2. The number of pyridine rings is 1. The zero-order chi connectivity index (χ0) is 21.8. The van der Waals surface area contributed by atoms with Gasteiger partial charge in [-0.2, -0.15) is 0 Å². The van der Waals surface area contributed by atoms with Gasteiger partial charge in [-0.3, -0.25) is 9.88 Å². The minimum atomic E-state index is 0.468. The van der Waals surface area contributed by atoms with Crippen molar-refractivity contribution in [2.75, 3.05) is 44.7 Å². The van der Waals surface area contributed by atoms with Gasteiger partial charge in [0.1, 0.15) is 0 Å².